The van der Waals surface area contributed by atoms with Gasteiger partial charge in [-0.2, -0.15) is 11.8 Å². The average molecular weight is 240 g/mol. The number of carbonyl (C=O) groups is 1. The zero-order valence-corrected chi connectivity index (χ0v) is 9.40. The molecule has 0 saturated carbocycles. The smallest absolute Gasteiger partial charge is 0.339 e. The lowest BCUT2D eigenvalue weighted by atomic mass is 10.2. The first-order chi connectivity index (χ1) is 7.68. The first-order valence-electron chi connectivity index (χ1n) is 4.87. The summed E-state index contributed by atoms with van der Waals surface area (Å²) < 4.78 is 0. The molecule has 1 saturated heterocycles. The summed E-state index contributed by atoms with van der Waals surface area (Å²) >= 11 is 1.88. The molecule has 16 heavy (non-hydrogen) atoms. The van der Waals surface area contributed by atoms with E-state index in [1.54, 1.807) is 0 Å². The highest BCUT2D eigenvalue weighted by atomic mass is 32.2. The molecule has 7 heteroatoms. The molecule has 6 nitrogen and oxygen atoms in total. The minimum Gasteiger partial charge on any atom is -0.478 e. The lowest BCUT2D eigenvalue weighted by Gasteiger charge is -2.27. The number of nitrogens with two attached hydrogens (primary N) is 1. The van der Waals surface area contributed by atoms with Gasteiger partial charge in [-0.25, -0.2) is 4.79 Å². The summed E-state index contributed by atoms with van der Waals surface area (Å²) in [6, 6.07) is 1.49. The van der Waals surface area contributed by atoms with Crippen molar-refractivity contribution in [2.75, 3.05) is 35.2 Å². The Bertz CT molecular complexity index is 406. The summed E-state index contributed by atoms with van der Waals surface area (Å²) in [6.07, 6.45) is 0. The Labute approximate surface area is 96.8 Å². The summed E-state index contributed by atoms with van der Waals surface area (Å²) in [5, 5.41) is 16.5. The average Bonchev–Trinajstić information content (AvgIpc) is 2.30. The van der Waals surface area contributed by atoms with Gasteiger partial charge in [0.2, 0.25) is 0 Å². The molecular weight excluding hydrogens is 228 g/mol. The summed E-state index contributed by atoms with van der Waals surface area (Å²) in [5.41, 5.74) is 5.46. The minimum absolute atomic E-state index is 0.0169. The van der Waals surface area contributed by atoms with Crippen molar-refractivity contribution in [3.8, 4) is 0 Å². The molecule has 0 aromatic carbocycles. The fourth-order valence-electron chi connectivity index (χ4n) is 1.51. The highest BCUT2D eigenvalue weighted by molar-refractivity contribution is 7.99. The van der Waals surface area contributed by atoms with Gasteiger partial charge >= 0.3 is 5.97 Å². The second kappa shape index (κ2) is 4.56. The van der Waals surface area contributed by atoms with E-state index in [-0.39, 0.29) is 11.4 Å². The van der Waals surface area contributed by atoms with Crippen molar-refractivity contribution in [1.29, 1.82) is 0 Å². The summed E-state index contributed by atoms with van der Waals surface area (Å²) in [5.74, 6) is 1.53. The van der Waals surface area contributed by atoms with E-state index >= 15 is 0 Å². The van der Waals surface area contributed by atoms with Crippen LogP contribution in [0.15, 0.2) is 6.07 Å². The third kappa shape index (κ3) is 2.19. The molecule has 0 bridgehead atoms. The number of nitrogen functional groups attached to an aromatic ring is 1. The van der Waals surface area contributed by atoms with Crippen molar-refractivity contribution in [3.63, 3.8) is 0 Å². The molecule has 1 fully saturated rings. The van der Waals surface area contributed by atoms with Gasteiger partial charge in [0.25, 0.3) is 0 Å². The van der Waals surface area contributed by atoms with E-state index in [2.05, 4.69) is 10.2 Å². The molecule has 0 amide bonds. The molecule has 0 spiro atoms. The number of carboxylic acid groups (broad SMARTS) is 1. The number of aromatic nitrogens is 2. The van der Waals surface area contributed by atoms with Gasteiger partial charge in [-0.15, -0.1) is 10.2 Å². The Morgan fingerprint density at radius 2 is 2.12 bits per heavy atom. The van der Waals surface area contributed by atoms with Crippen LogP contribution in [0.2, 0.25) is 0 Å². The number of carboxylic acids is 1. The lowest BCUT2D eigenvalue weighted by molar-refractivity contribution is 0.0697. The molecule has 0 aliphatic carbocycles. The number of thioether (sulfide) groups is 1. The fraction of sp³-hybridized carbons (Fsp3) is 0.444. The standard InChI is InChI=1S/C9H12N4O2S/c10-8-6(9(14)15)5-7(11-12-8)13-1-3-16-4-2-13/h5H,1-4H2,(H2,10,12)(H,14,15). The van der Waals surface area contributed by atoms with Crippen LogP contribution in [0.25, 0.3) is 0 Å². The zero-order valence-electron chi connectivity index (χ0n) is 8.59. The van der Waals surface area contributed by atoms with Crippen molar-refractivity contribution >= 4 is 29.4 Å². The predicted octanol–water partition coefficient (Wildman–Crippen LogP) is 0.310. The molecule has 0 unspecified atom stereocenters. The maximum Gasteiger partial charge on any atom is 0.339 e. The molecule has 2 rings (SSSR count). The third-order valence-corrected chi connectivity index (χ3v) is 3.32. The summed E-state index contributed by atoms with van der Waals surface area (Å²) in [7, 11) is 0. The number of nitrogens with zero attached hydrogens (tertiary/aromatic N) is 3. The molecular formula is C9H12N4O2S. The van der Waals surface area contributed by atoms with E-state index in [0.717, 1.165) is 24.6 Å². The van der Waals surface area contributed by atoms with Crippen LogP contribution in [0.3, 0.4) is 0 Å². The maximum atomic E-state index is 10.9. The number of rotatable bonds is 2. The first kappa shape index (κ1) is 11.0. The van der Waals surface area contributed by atoms with Gasteiger partial charge in [0.15, 0.2) is 11.6 Å². The topological polar surface area (TPSA) is 92.3 Å². The molecule has 1 aromatic rings. The second-order valence-electron chi connectivity index (χ2n) is 3.41. The van der Waals surface area contributed by atoms with Gasteiger partial charge < -0.3 is 15.7 Å². The Kier molecular flexibility index (Phi) is 3.14. The van der Waals surface area contributed by atoms with Crippen LogP contribution in [0.1, 0.15) is 10.4 Å². The van der Waals surface area contributed by atoms with Crippen molar-refractivity contribution in [2.45, 2.75) is 0 Å². The van der Waals surface area contributed by atoms with Gasteiger partial charge in [0.05, 0.1) is 0 Å². The van der Waals surface area contributed by atoms with Gasteiger partial charge in [-0.1, -0.05) is 0 Å². The molecule has 3 N–H and O–H groups in total. The number of anilines is 2. The van der Waals surface area contributed by atoms with Gasteiger partial charge in [0, 0.05) is 30.7 Å². The SMILES string of the molecule is Nc1nnc(N2CCSCC2)cc1C(=O)O. The maximum absolute atomic E-state index is 10.9. The molecule has 1 aromatic heterocycles. The monoisotopic (exact) mass is 240 g/mol. The van der Waals surface area contributed by atoms with E-state index in [9.17, 15) is 4.79 Å². The molecule has 0 radical (unpaired) electrons. The van der Waals surface area contributed by atoms with Crippen LogP contribution in [0.4, 0.5) is 11.6 Å². The molecule has 2 heterocycles. The second-order valence-corrected chi connectivity index (χ2v) is 4.63. The first-order valence-corrected chi connectivity index (χ1v) is 6.03. The van der Waals surface area contributed by atoms with Gasteiger partial charge in [0.1, 0.15) is 5.56 Å². The highest BCUT2D eigenvalue weighted by Gasteiger charge is 2.17. The van der Waals surface area contributed by atoms with Crippen LogP contribution in [-0.2, 0) is 0 Å². The Hall–Kier alpha value is -1.50. The largest absolute Gasteiger partial charge is 0.478 e. The number of hydrogen-bond acceptors (Lipinski definition) is 6. The Balaban J connectivity index is 2.27. The quantitative estimate of drug-likeness (QED) is 0.768. The van der Waals surface area contributed by atoms with Crippen LogP contribution in [0, 0.1) is 0 Å². The Morgan fingerprint density at radius 3 is 2.75 bits per heavy atom. The van der Waals surface area contributed by atoms with Crippen molar-refractivity contribution in [2.24, 2.45) is 0 Å². The third-order valence-electron chi connectivity index (χ3n) is 2.38. The number of hydrogen-bond donors (Lipinski definition) is 2. The molecule has 1 aliphatic heterocycles. The van der Waals surface area contributed by atoms with Crippen molar-refractivity contribution in [3.05, 3.63) is 11.6 Å². The van der Waals surface area contributed by atoms with Crippen molar-refractivity contribution in [1.82, 2.24) is 10.2 Å². The van der Waals surface area contributed by atoms with Crippen LogP contribution in [0.5, 0.6) is 0 Å². The van der Waals surface area contributed by atoms with Crippen molar-refractivity contribution < 1.29 is 9.90 Å². The number of aromatic carboxylic acids is 1. The van der Waals surface area contributed by atoms with Gasteiger partial charge in [-0.3, -0.25) is 0 Å². The van der Waals surface area contributed by atoms with E-state index in [4.69, 9.17) is 10.8 Å². The van der Waals surface area contributed by atoms with Crippen LogP contribution >= 0.6 is 11.8 Å². The Morgan fingerprint density at radius 1 is 1.44 bits per heavy atom. The van der Waals surface area contributed by atoms with E-state index < -0.39 is 5.97 Å². The fourth-order valence-corrected chi connectivity index (χ4v) is 2.41. The van der Waals surface area contributed by atoms with Crippen LogP contribution < -0.4 is 10.6 Å². The zero-order chi connectivity index (χ0) is 11.5. The van der Waals surface area contributed by atoms with E-state index in [0.29, 0.717) is 5.82 Å². The van der Waals surface area contributed by atoms with E-state index in [1.807, 2.05) is 16.7 Å². The molecule has 86 valence electrons. The predicted molar refractivity (Wildman–Crippen MR) is 62.9 cm³/mol. The van der Waals surface area contributed by atoms with Crippen LogP contribution in [-0.4, -0.2) is 45.9 Å². The highest BCUT2D eigenvalue weighted by Crippen LogP contribution is 2.19. The summed E-state index contributed by atoms with van der Waals surface area (Å²) in [6.45, 7) is 1.73. The molecule has 0 atom stereocenters. The lowest BCUT2D eigenvalue weighted by Crippen LogP contribution is -2.33. The molecule has 1 aliphatic rings. The van der Waals surface area contributed by atoms with E-state index in [1.165, 1.54) is 6.07 Å². The summed E-state index contributed by atoms with van der Waals surface area (Å²) in [4.78, 5) is 12.9. The normalized spacial score (nSPS) is 16.1. The minimum atomic E-state index is -1.07. The van der Waals surface area contributed by atoms with Gasteiger partial charge in [-0.05, 0) is 0 Å².